The molecular formula is C18H14BrNO4. The van der Waals surface area contributed by atoms with Crippen LogP contribution in [-0.4, -0.2) is 22.8 Å². The van der Waals surface area contributed by atoms with E-state index in [2.05, 4.69) is 15.9 Å². The second-order valence-electron chi connectivity index (χ2n) is 5.31. The second-order valence-corrected chi connectivity index (χ2v) is 6.23. The van der Waals surface area contributed by atoms with E-state index in [0.29, 0.717) is 17.4 Å². The van der Waals surface area contributed by atoms with E-state index in [1.54, 1.807) is 23.8 Å². The minimum atomic E-state index is -1.23. The average Bonchev–Trinajstić information content (AvgIpc) is 2.57. The zero-order valence-corrected chi connectivity index (χ0v) is 14.4. The van der Waals surface area contributed by atoms with Crippen LogP contribution in [0, 0.1) is 0 Å². The monoisotopic (exact) mass is 387 g/mol. The average molecular weight is 388 g/mol. The molecular weight excluding hydrogens is 374 g/mol. The quantitative estimate of drug-likeness (QED) is 0.743. The Balaban J connectivity index is 2.16. The van der Waals surface area contributed by atoms with Gasteiger partial charge in [0, 0.05) is 22.6 Å². The minimum Gasteiger partial charge on any atom is -0.497 e. The number of aromatic carboxylic acids is 1. The molecule has 0 bridgehead atoms. The minimum absolute atomic E-state index is 0.242. The molecule has 0 radical (unpaired) electrons. The first-order valence-electron chi connectivity index (χ1n) is 7.18. The van der Waals surface area contributed by atoms with E-state index >= 15 is 0 Å². The van der Waals surface area contributed by atoms with Crippen molar-refractivity contribution in [3.63, 3.8) is 0 Å². The lowest BCUT2D eigenvalue weighted by Crippen LogP contribution is -2.19. The molecule has 0 aliphatic carbocycles. The molecule has 0 aliphatic rings. The van der Waals surface area contributed by atoms with Crippen LogP contribution in [0.3, 0.4) is 0 Å². The van der Waals surface area contributed by atoms with Crippen molar-refractivity contribution in [1.82, 2.24) is 4.57 Å². The lowest BCUT2D eigenvalue weighted by molar-refractivity contribution is 0.0695. The van der Waals surface area contributed by atoms with Gasteiger partial charge in [0.05, 0.1) is 12.6 Å². The summed E-state index contributed by atoms with van der Waals surface area (Å²) in [5.74, 6) is -0.482. The molecule has 24 heavy (non-hydrogen) atoms. The summed E-state index contributed by atoms with van der Waals surface area (Å²) in [4.78, 5) is 23.8. The zero-order valence-electron chi connectivity index (χ0n) is 12.8. The fraction of sp³-hybridized carbons (Fsp3) is 0.111. The smallest absolute Gasteiger partial charge is 0.341 e. The first-order chi connectivity index (χ1) is 11.5. The van der Waals surface area contributed by atoms with Crippen LogP contribution in [0.2, 0.25) is 0 Å². The van der Waals surface area contributed by atoms with Crippen LogP contribution < -0.4 is 10.2 Å². The first kappa shape index (κ1) is 16.3. The molecule has 3 rings (SSSR count). The van der Waals surface area contributed by atoms with Gasteiger partial charge in [0.1, 0.15) is 11.3 Å². The molecule has 1 aromatic heterocycles. The van der Waals surface area contributed by atoms with Gasteiger partial charge in [0.2, 0.25) is 5.43 Å². The molecule has 0 fully saturated rings. The van der Waals surface area contributed by atoms with Crippen molar-refractivity contribution >= 4 is 32.8 Å². The molecule has 1 N–H and O–H groups in total. The molecule has 5 nitrogen and oxygen atoms in total. The van der Waals surface area contributed by atoms with Crippen molar-refractivity contribution in [2.24, 2.45) is 0 Å². The highest BCUT2D eigenvalue weighted by Crippen LogP contribution is 2.20. The van der Waals surface area contributed by atoms with Crippen molar-refractivity contribution in [3.8, 4) is 5.75 Å². The molecule has 6 heteroatoms. The highest BCUT2D eigenvalue weighted by atomic mass is 79.9. The lowest BCUT2D eigenvalue weighted by atomic mass is 10.1. The molecule has 0 spiro atoms. The Labute approximate surface area is 146 Å². The maximum Gasteiger partial charge on any atom is 0.341 e. The van der Waals surface area contributed by atoms with Crippen molar-refractivity contribution < 1.29 is 14.6 Å². The number of carboxylic acid groups (broad SMARTS) is 1. The summed E-state index contributed by atoms with van der Waals surface area (Å²) < 4.78 is 7.64. The normalized spacial score (nSPS) is 10.8. The topological polar surface area (TPSA) is 68.5 Å². The summed E-state index contributed by atoms with van der Waals surface area (Å²) >= 11 is 3.33. The van der Waals surface area contributed by atoms with Gasteiger partial charge in [-0.3, -0.25) is 4.79 Å². The van der Waals surface area contributed by atoms with Crippen LogP contribution in [0.25, 0.3) is 10.9 Å². The number of hydrogen-bond donors (Lipinski definition) is 1. The Morgan fingerprint density at radius 2 is 1.92 bits per heavy atom. The number of halogens is 1. The van der Waals surface area contributed by atoms with Gasteiger partial charge < -0.3 is 14.4 Å². The number of benzene rings is 2. The van der Waals surface area contributed by atoms with E-state index in [1.165, 1.54) is 6.20 Å². The number of ether oxygens (including phenoxy) is 1. The van der Waals surface area contributed by atoms with Crippen LogP contribution in [0.15, 0.2) is 57.9 Å². The molecule has 122 valence electrons. The van der Waals surface area contributed by atoms with Crippen LogP contribution >= 0.6 is 15.9 Å². The highest BCUT2D eigenvalue weighted by molar-refractivity contribution is 9.10. The summed E-state index contributed by atoms with van der Waals surface area (Å²) in [5.41, 5.74) is 0.933. The SMILES string of the molecule is COc1ccc(Cn2cc(C(=O)O)c(=O)c3cc(Br)ccc32)cc1. The third-order valence-corrected chi connectivity index (χ3v) is 4.28. The molecule has 2 aromatic carbocycles. The van der Waals surface area contributed by atoms with E-state index in [4.69, 9.17) is 4.74 Å². The molecule has 1 heterocycles. The summed E-state index contributed by atoms with van der Waals surface area (Å²) in [7, 11) is 1.60. The number of nitrogens with zero attached hydrogens (tertiary/aromatic N) is 1. The third-order valence-electron chi connectivity index (χ3n) is 3.78. The molecule has 0 saturated heterocycles. The van der Waals surface area contributed by atoms with E-state index in [1.807, 2.05) is 30.3 Å². The number of rotatable bonds is 4. The van der Waals surface area contributed by atoms with Gasteiger partial charge >= 0.3 is 5.97 Å². The van der Waals surface area contributed by atoms with Gasteiger partial charge in [0.25, 0.3) is 0 Å². The van der Waals surface area contributed by atoms with Crippen LogP contribution in [0.1, 0.15) is 15.9 Å². The number of hydrogen-bond acceptors (Lipinski definition) is 3. The number of carboxylic acids is 1. The van der Waals surface area contributed by atoms with E-state index in [0.717, 1.165) is 15.8 Å². The predicted molar refractivity (Wildman–Crippen MR) is 95.0 cm³/mol. The maximum atomic E-state index is 12.4. The fourth-order valence-corrected chi connectivity index (χ4v) is 2.94. The van der Waals surface area contributed by atoms with Gasteiger partial charge in [-0.15, -0.1) is 0 Å². The van der Waals surface area contributed by atoms with Crippen molar-refractivity contribution in [2.45, 2.75) is 6.54 Å². The van der Waals surface area contributed by atoms with E-state index in [9.17, 15) is 14.7 Å². The maximum absolute atomic E-state index is 12.4. The molecule has 0 unspecified atom stereocenters. The largest absolute Gasteiger partial charge is 0.497 e. The van der Waals surface area contributed by atoms with Crippen molar-refractivity contribution in [1.29, 1.82) is 0 Å². The zero-order chi connectivity index (χ0) is 17.3. The Morgan fingerprint density at radius 3 is 2.54 bits per heavy atom. The van der Waals surface area contributed by atoms with Crippen molar-refractivity contribution in [3.05, 3.63) is 74.5 Å². The molecule has 0 amide bonds. The van der Waals surface area contributed by atoms with Crippen molar-refractivity contribution in [2.75, 3.05) is 7.11 Å². The van der Waals surface area contributed by atoms with Gasteiger partial charge in [-0.05, 0) is 35.9 Å². The number of aromatic nitrogens is 1. The summed E-state index contributed by atoms with van der Waals surface area (Å²) in [6.07, 6.45) is 1.39. The molecule has 3 aromatic rings. The Hall–Kier alpha value is -2.60. The van der Waals surface area contributed by atoms with Crippen LogP contribution in [-0.2, 0) is 6.54 Å². The molecule has 0 aliphatic heterocycles. The van der Waals surface area contributed by atoms with Gasteiger partial charge in [-0.1, -0.05) is 28.1 Å². The number of carbonyl (C=O) groups is 1. The number of pyridine rings is 1. The van der Waals surface area contributed by atoms with Gasteiger partial charge in [-0.25, -0.2) is 4.79 Å². The number of fused-ring (bicyclic) bond motifs is 1. The predicted octanol–water partition coefficient (Wildman–Crippen LogP) is 3.52. The van der Waals surface area contributed by atoms with Crippen LogP contribution in [0.4, 0.5) is 0 Å². The standard InChI is InChI=1S/C18H14BrNO4/c1-24-13-5-2-11(3-6-13)9-20-10-15(18(22)23)17(21)14-8-12(19)4-7-16(14)20/h2-8,10H,9H2,1H3,(H,22,23). The number of methoxy groups -OCH3 is 1. The molecule has 0 atom stereocenters. The Kier molecular flexibility index (Phi) is 4.40. The first-order valence-corrected chi connectivity index (χ1v) is 7.98. The highest BCUT2D eigenvalue weighted by Gasteiger charge is 2.15. The van der Waals surface area contributed by atoms with Gasteiger partial charge in [-0.2, -0.15) is 0 Å². The summed E-state index contributed by atoms with van der Waals surface area (Å²) in [6.45, 7) is 0.447. The molecule has 0 saturated carbocycles. The second kappa shape index (κ2) is 6.49. The lowest BCUT2D eigenvalue weighted by Gasteiger charge is -2.13. The Morgan fingerprint density at radius 1 is 1.21 bits per heavy atom. The fourth-order valence-electron chi connectivity index (χ4n) is 2.58. The third kappa shape index (κ3) is 3.05. The summed E-state index contributed by atoms with van der Waals surface area (Å²) in [5, 5.41) is 9.68. The summed E-state index contributed by atoms with van der Waals surface area (Å²) in [6, 6.07) is 12.8. The van der Waals surface area contributed by atoms with E-state index in [-0.39, 0.29) is 5.56 Å². The van der Waals surface area contributed by atoms with E-state index < -0.39 is 11.4 Å². The van der Waals surface area contributed by atoms with Gasteiger partial charge in [0.15, 0.2) is 0 Å². The van der Waals surface area contributed by atoms with Crippen LogP contribution in [0.5, 0.6) is 5.75 Å². The Bertz CT molecular complexity index is 977.